The highest BCUT2D eigenvalue weighted by Gasteiger charge is 2.34. The van der Waals surface area contributed by atoms with E-state index in [2.05, 4.69) is 18.8 Å². The Morgan fingerprint density at radius 2 is 1.28 bits per heavy atom. The van der Waals surface area contributed by atoms with Crippen LogP contribution in [0.4, 0.5) is 0 Å². The molecular formula is C28H30O4. The van der Waals surface area contributed by atoms with Gasteiger partial charge in [-0.1, -0.05) is 55.5 Å². The summed E-state index contributed by atoms with van der Waals surface area (Å²) < 4.78 is 16.1. The minimum Gasteiger partial charge on any atom is -0.497 e. The molecule has 3 aromatic rings. The third kappa shape index (κ3) is 4.90. The summed E-state index contributed by atoms with van der Waals surface area (Å²) in [6, 6.07) is 20.5. The molecule has 0 aromatic heterocycles. The van der Waals surface area contributed by atoms with Crippen molar-refractivity contribution in [3.8, 4) is 29.1 Å². The SMILES string of the molecule is CCCCC#Cc1cc(C(O)(c2ccc(OC)cc2)c2ccc(OC)cc2)ccc1OC. The summed E-state index contributed by atoms with van der Waals surface area (Å²) in [6.07, 6.45) is 2.97. The van der Waals surface area contributed by atoms with Crippen LogP contribution >= 0.6 is 0 Å². The lowest BCUT2D eigenvalue weighted by Gasteiger charge is -2.31. The van der Waals surface area contributed by atoms with Gasteiger partial charge in [0.1, 0.15) is 22.8 Å². The van der Waals surface area contributed by atoms with Gasteiger partial charge in [0.15, 0.2) is 0 Å². The number of rotatable bonds is 8. The Kier molecular flexibility index (Phi) is 7.81. The maximum atomic E-state index is 12.2. The second-order valence-electron chi connectivity index (χ2n) is 7.49. The molecule has 4 heteroatoms. The normalized spacial score (nSPS) is 10.8. The maximum Gasteiger partial charge on any atom is 0.140 e. The largest absolute Gasteiger partial charge is 0.497 e. The monoisotopic (exact) mass is 430 g/mol. The van der Waals surface area contributed by atoms with Gasteiger partial charge >= 0.3 is 0 Å². The van der Waals surface area contributed by atoms with Crippen LogP contribution in [-0.2, 0) is 5.60 Å². The molecule has 0 saturated carbocycles. The predicted molar refractivity (Wildman–Crippen MR) is 127 cm³/mol. The van der Waals surface area contributed by atoms with Crippen molar-refractivity contribution in [1.29, 1.82) is 0 Å². The van der Waals surface area contributed by atoms with E-state index in [1.165, 1.54) is 0 Å². The van der Waals surface area contributed by atoms with Gasteiger partial charge in [-0.3, -0.25) is 0 Å². The standard InChI is InChI=1S/C28H30O4/c1-5-6-7-8-9-21-20-24(14-19-27(21)32-4)28(29,22-10-15-25(30-2)16-11-22)23-12-17-26(31-3)18-13-23/h10-20,29H,5-7H2,1-4H3. The van der Waals surface area contributed by atoms with Crippen molar-refractivity contribution < 1.29 is 19.3 Å². The van der Waals surface area contributed by atoms with Crippen molar-refractivity contribution >= 4 is 0 Å². The molecule has 32 heavy (non-hydrogen) atoms. The Hall–Kier alpha value is -3.42. The predicted octanol–water partition coefficient (Wildman–Crippen LogP) is 5.54. The molecule has 0 radical (unpaired) electrons. The van der Waals surface area contributed by atoms with E-state index >= 15 is 0 Å². The molecule has 0 aliphatic heterocycles. The molecule has 3 rings (SSSR count). The second-order valence-corrected chi connectivity index (χ2v) is 7.49. The minimum absolute atomic E-state index is 0.685. The smallest absolute Gasteiger partial charge is 0.140 e. The zero-order chi connectivity index (χ0) is 23.0. The van der Waals surface area contributed by atoms with Crippen molar-refractivity contribution in [3.63, 3.8) is 0 Å². The first-order valence-corrected chi connectivity index (χ1v) is 10.8. The van der Waals surface area contributed by atoms with E-state index in [0.29, 0.717) is 11.3 Å². The van der Waals surface area contributed by atoms with E-state index in [9.17, 15) is 5.11 Å². The summed E-state index contributed by atoms with van der Waals surface area (Å²) >= 11 is 0. The Balaban J connectivity index is 2.16. The number of hydrogen-bond acceptors (Lipinski definition) is 4. The molecule has 0 aliphatic carbocycles. The van der Waals surface area contributed by atoms with Crippen molar-refractivity contribution in [2.24, 2.45) is 0 Å². The van der Waals surface area contributed by atoms with Gasteiger partial charge in [-0.25, -0.2) is 0 Å². The lowest BCUT2D eigenvalue weighted by atomic mass is 9.80. The first-order chi connectivity index (χ1) is 15.6. The zero-order valence-corrected chi connectivity index (χ0v) is 19.1. The quantitative estimate of drug-likeness (QED) is 0.290. The molecule has 1 N–H and O–H groups in total. The van der Waals surface area contributed by atoms with Gasteiger partial charge in [0.05, 0.1) is 26.9 Å². The number of unbranched alkanes of at least 4 members (excludes halogenated alkanes) is 2. The first-order valence-electron chi connectivity index (χ1n) is 10.8. The zero-order valence-electron chi connectivity index (χ0n) is 19.1. The van der Waals surface area contributed by atoms with Gasteiger partial charge in [0, 0.05) is 6.42 Å². The fraction of sp³-hybridized carbons (Fsp3) is 0.286. The van der Waals surface area contributed by atoms with E-state index in [4.69, 9.17) is 14.2 Å². The summed E-state index contributed by atoms with van der Waals surface area (Å²) in [7, 11) is 4.88. The van der Waals surface area contributed by atoms with E-state index in [1.807, 2.05) is 66.7 Å². The van der Waals surface area contributed by atoms with Crippen LogP contribution in [-0.4, -0.2) is 26.4 Å². The number of ether oxygens (including phenoxy) is 3. The molecule has 0 amide bonds. The fourth-order valence-electron chi connectivity index (χ4n) is 3.62. The van der Waals surface area contributed by atoms with Gasteiger partial charge in [0.2, 0.25) is 0 Å². The van der Waals surface area contributed by atoms with Crippen LogP contribution in [0.1, 0.15) is 48.4 Å². The van der Waals surface area contributed by atoms with Crippen molar-refractivity contribution in [3.05, 3.63) is 89.0 Å². The van der Waals surface area contributed by atoms with E-state index in [1.54, 1.807) is 21.3 Å². The van der Waals surface area contributed by atoms with Crippen LogP contribution in [0, 0.1) is 11.8 Å². The Bertz CT molecular complexity index is 1030. The van der Waals surface area contributed by atoms with Crippen molar-refractivity contribution in [2.75, 3.05) is 21.3 Å². The molecule has 3 aromatic carbocycles. The summed E-state index contributed by atoms with van der Waals surface area (Å²) in [5, 5.41) is 12.2. The van der Waals surface area contributed by atoms with Gasteiger partial charge < -0.3 is 19.3 Å². The summed E-state index contributed by atoms with van der Waals surface area (Å²) in [4.78, 5) is 0. The lowest BCUT2D eigenvalue weighted by molar-refractivity contribution is 0.125. The molecule has 0 saturated heterocycles. The van der Waals surface area contributed by atoms with Gasteiger partial charge in [-0.2, -0.15) is 0 Å². The average molecular weight is 431 g/mol. The first kappa shape index (κ1) is 23.2. The Morgan fingerprint density at radius 3 is 1.75 bits per heavy atom. The Labute approximate surface area is 190 Å². The summed E-state index contributed by atoms with van der Waals surface area (Å²) in [6.45, 7) is 2.15. The number of hydrogen-bond donors (Lipinski definition) is 1. The topological polar surface area (TPSA) is 47.9 Å². The molecule has 0 heterocycles. The Morgan fingerprint density at radius 1 is 0.750 bits per heavy atom. The van der Waals surface area contributed by atoms with Gasteiger partial charge in [0.25, 0.3) is 0 Å². The lowest BCUT2D eigenvalue weighted by Crippen LogP contribution is -2.29. The van der Waals surface area contributed by atoms with Gasteiger partial charge in [-0.15, -0.1) is 0 Å². The van der Waals surface area contributed by atoms with E-state index < -0.39 is 5.60 Å². The van der Waals surface area contributed by atoms with Crippen LogP contribution < -0.4 is 14.2 Å². The van der Waals surface area contributed by atoms with Crippen LogP contribution in [0.5, 0.6) is 17.2 Å². The molecule has 4 nitrogen and oxygen atoms in total. The van der Waals surface area contributed by atoms with Crippen LogP contribution in [0.2, 0.25) is 0 Å². The van der Waals surface area contributed by atoms with Crippen molar-refractivity contribution in [1.82, 2.24) is 0 Å². The van der Waals surface area contributed by atoms with Crippen molar-refractivity contribution in [2.45, 2.75) is 31.8 Å². The highest BCUT2D eigenvalue weighted by Crippen LogP contribution is 2.39. The van der Waals surface area contributed by atoms with Crippen LogP contribution in [0.25, 0.3) is 0 Å². The summed E-state index contributed by atoms with van der Waals surface area (Å²) in [5.41, 5.74) is 1.50. The second kappa shape index (κ2) is 10.7. The molecule has 0 unspecified atom stereocenters. The van der Waals surface area contributed by atoms with Crippen LogP contribution in [0.15, 0.2) is 66.7 Å². The number of benzene rings is 3. The maximum absolute atomic E-state index is 12.2. The minimum atomic E-state index is -1.40. The van der Waals surface area contributed by atoms with E-state index in [-0.39, 0.29) is 0 Å². The fourth-order valence-corrected chi connectivity index (χ4v) is 3.62. The molecule has 166 valence electrons. The highest BCUT2D eigenvalue weighted by molar-refractivity contribution is 5.55. The third-order valence-corrected chi connectivity index (χ3v) is 5.51. The number of methoxy groups -OCH3 is 3. The third-order valence-electron chi connectivity index (χ3n) is 5.51. The molecular weight excluding hydrogens is 400 g/mol. The molecule has 0 bridgehead atoms. The molecule has 0 atom stereocenters. The van der Waals surface area contributed by atoms with E-state index in [0.717, 1.165) is 47.5 Å². The van der Waals surface area contributed by atoms with Crippen LogP contribution in [0.3, 0.4) is 0 Å². The van der Waals surface area contributed by atoms with Gasteiger partial charge in [-0.05, 0) is 59.5 Å². The molecule has 0 aliphatic rings. The average Bonchev–Trinajstić information content (AvgIpc) is 2.86. The highest BCUT2D eigenvalue weighted by atomic mass is 16.5. The summed E-state index contributed by atoms with van der Waals surface area (Å²) in [5.74, 6) is 8.58. The molecule has 0 fully saturated rings. The molecule has 0 spiro atoms. The number of aliphatic hydroxyl groups is 1.